The lowest BCUT2D eigenvalue weighted by molar-refractivity contribution is 0.216. The van der Waals surface area contributed by atoms with E-state index in [4.69, 9.17) is 0 Å². The Morgan fingerprint density at radius 2 is 1.67 bits per heavy atom. The molecule has 2 heteroatoms. The molecule has 1 unspecified atom stereocenters. The van der Waals surface area contributed by atoms with Gasteiger partial charge in [0, 0.05) is 12.6 Å². The molecule has 0 aromatic rings. The van der Waals surface area contributed by atoms with E-state index in [1.165, 1.54) is 64.6 Å². The van der Waals surface area contributed by atoms with Crippen molar-refractivity contribution in [3.05, 3.63) is 0 Å². The Morgan fingerprint density at radius 1 is 1.07 bits per heavy atom. The van der Waals surface area contributed by atoms with Crippen LogP contribution >= 0.6 is 0 Å². The Balaban J connectivity index is 1.74. The standard InChI is InChI=1S/C13H26N2/c1-14-13(12-7-8-12)11-15-9-5-3-2-4-6-10-15/h12-14H,2-11H2,1H3. The second kappa shape index (κ2) is 5.86. The van der Waals surface area contributed by atoms with E-state index in [1.54, 1.807) is 0 Å². The van der Waals surface area contributed by atoms with Crippen molar-refractivity contribution in [3.63, 3.8) is 0 Å². The largest absolute Gasteiger partial charge is 0.315 e. The van der Waals surface area contributed by atoms with Crippen LogP contribution < -0.4 is 5.32 Å². The van der Waals surface area contributed by atoms with Gasteiger partial charge in [-0.25, -0.2) is 0 Å². The highest BCUT2D eigenvalue weighted by molar-refractivity contribution is 4.87. The zero-order valence-electron chi connectivity index (χ0n) is 10.2. The predicted octanol–water partition coefficient (Wildman–Crippen LogP) is 2.25. The SMILES string of the molecule is CNC(CN1CCCCCCC1)C1CC1. The minimum absolute atomic E-state index is 0.768. The third-order valence-electron chi connectivity index (χ3n) is 3.97. The quantitative estimate of drug-likeness (QED) is 0.765. The molecule has 1 aliphatic carbocycles. The number of hydrogen-bond donors (Lipinski definition) is 1. The first-order valence-electron chi connectivity index (χ1n) is 6.80. The molecule has 0 radical (unpaired) electrons. The van der Waals surface area contributed by atoms with E-state index in [0.29, 0.717) is 0 Å². The van der Waals surface area contributed by atoms with Crippen molar-refractivity contribution in [1.82, 2.24) is 10.2 Å². The monoisotopic (exact) mass is 210 g/mol. The molecule has 88 valence electrons. The molecule has 2 rings (SSSR count). The van der Waals surface area contributed by atoms with Crippen LogP contribution in [0.3, 0.4) is 0 Å². The Hall–Kier alpha value is -0.0800. The Bertz CT molecular complexity index is 169. The molecule has 2 nitrogen and oxygen atoms in total. The van der Waals surface area contributed by atoms with Gasteiger partial charge in [-0.05, 0) is 51.7 Å². The molecule has 0 aromatic carbocycles. The van der Waals surface area contributed by atoms with Crippen LogP contribution in [-0.2, 0) is 0 Å². The number of rotatable bonds is 4. The van der Waals surface area contributed by atoms with E-state index >= 15 is 0 Å². The Morgan fingerprint density at radius 3 is 2.20 bits per heavy atom. The minimum Gasteiger partial charge on any atom is -0.315 e. The van der Waals surface area contributed by atoms with Crippen LogP contribution in [0.25, 0.3) is 0 Å². The summed E-state index contributed by atoms with van der Waals surface area (Å²) in [4.78, 5) is 2.69. The predicted molar refractivity (Wildman–Crippen MR) is 65.1 cm³/mol. The van der Waals surface area contributed by atoms with Crippen molar-refractivity contribution in [2.45, 2.75) is 51.0 Å². The van der Waals surface area contributed by atoms with Crippen LogP contribution in [0.15, 0.2) is 0 Å². The van der Waals surface area contributed by atoms with Crippen molar-refractivity contribution in [1.29, 1.82) is 0 Å². The van der Waals surface area contributed by atoms with Crippen molar-refractivity contribution in [2.75, 3.05) is 26.7 Å². The van der Waals surface area contributed by atoms with E-state index in [0.717, 1.165) is 12.0 Å². The molecule has 0 aromatic heterocycles. The van der Waals surface area contributed by atoms with Crippen molar-refractivity contribution in [2.24, 2.45) is 5.92 Å². The minimum atomic E-state index is 0.768. The van der Waals surface area contributed by atoms with Crippen LogP contribution in [0.1, 0.15) is 44.9 Å². The molecular formula is C13H26N2. The van der Waals surface area contributed by atoms with Gasteiger partial charge >= 0.3 is 0 Å². The van der Waals surface area contributed by atoms with Crippen molar-refractivity contribution < 1.29 is 0 Å². The lowest BCUT2D eigenvalue weighted by Crippen LogP contribution is -2.42. The third kappa shape index (κ3) is 3.76. The fourth-order valence-electron chi connectivity index (χ4n) is 2.75. The van der Waals surface area contributed by atoms with Crippen LogP contribution in [0, 0.1) is 5.92 Å². The van der Waals surface area contributed by atoms with Gasteiger partial charge in [-0.1, -0.05) is 19.3 Å². The summed E-state index contributed by atoms with van der Waals surface area (Å²) < 4.78 is 0. The molecule has 1 N–H and O–H groups in total. The number of likely N-dealkylation sites (N-methyl/N-ethyl adjacent to an activating group) is 1. The van der Waals surface area contributed by atoms with Gasteiger partial charge in [0.15, 0.2) is 0 Å². The average molecular weight is 210 g/mol. The van der Waals surface area contributed by atoms with Crippen LogP contribution in [0.5, 0.6) is 0 Å². The summed E-state index contributed by atoms with van der Waals surface area (Å²) in [5, 5.41) is 3.51. The summed E-state index contributed by atoms with van der Waals surface area (Å²) in [6.45, 7) is 3.97. The first kappa shape index (κ1) is 11.4. The maximum atomic E-state index is 3.51. The van der Waals surface area contributed by atoms with Crippen LogP contribution in [0.4, 0.5) is 0 Å². The molecular weight excluding hydrogens is 184 g/mol. The molecule has 1 aliphatic heterocycles. The number of nitrogens with one attached hydrogen (secondary N) is 1. The third-order valence-corrected chi connectivity index (χ3v) is 3.97. The molecule has 2 aliphatic rings. The molecule has 2 fully saturated rings. The second-order valence-corrected chi connectivity index (χ2v) is 5.30. The molecule has 1 saturated carbocycles. The lowest BCUT2D eigenvalue weighted by atomic mass is 10.1. The van der Waals surface area contributed by atoms with Gasteiger partial charge in [0.25, 0.3) is 0 Å². The normalized spacial score (nSPS) is 27.0. The summed E-state index contributed by atoms with van der Waals surface area (Å²) in [6.07, 6.45) is 10.1. The molecule has 1 heterocycles. The van der Waals surface area contributed by atoms with E-state index in [9.17, 15) is 0 Å². The smallest absolute Gasteiger partial charge is 0.0220 e. The molecule has 15 heavy (non-hydrogen) atoms. The summed E-state index contributed by atoms with van der Waals surface area (Å²) in [5.74, 6) is 0.987. The summed E-state index contributed by atoms with van der Waals surface area (Å²) in [7, 11) is 2.13. The van der Waals surface area contributed by atoms with Gasteiger partial charge in [0.05, 0.1) is 0 Å². The fraction of sp³-hybridized carbons (Fsp3) is 1.00. The topological polar surface area (TPSA) is 15.3 Å². The summed E-state index contributed by atoms with van der Waals surface area (Å²) >= 11 is 0. The second-order valence-electron chi connectivity index (χ2n) is 5.30. The highest BCUT2D eigenvalue weighted by Gasteiger charge is 2.31. The van der Waals surface area contributed by atoms with E-state index in [2.05, 4.69) is 17.3 Å². The first-order valence-corrected chi connectivity index (χ1v) is 6.80. The average Bonchev–Trinajstić information content (AvgIpc) is 3.00. The van der Waals surface area contributed by atoms with Crippen LogP contribution in [-0.4, -0.2) is 37.6 Å². The maximum absolute atomic E-state index is 3.51. The number of nitrogens with zero attached hydrogens (tertiary/aromatic N) is 1. The van der Waals surface area contributed by atoms with Gasteiger partial charge < -0.3 is 10.2 Å². The van der Waals surface area contributed by atoms with Crippen LogP contribution in [0.2, 0.25) is 0 Å². The van der Waals surface area contributed by atoms with E-state index in [1.807, 2.05) is 0 Å². The van der Waals surface area contributed by atoms with Crippen molar-refractivity contribution >= 4 is 0 Å². The van der Waals surface area contributed by atoms with Gasteiger partial charge in [-0.2, -0.15) is 0 Å². The lowest BCUT2D eigenvalue weighted by Gasteiger charge is -2.28. The Kier molecular flexibility index (Phi) is 4.45. The first-order chi connectivity index (χ1) is 7.40. The number of hydrogen-bond acceptors (Lipinski definition) is 2. The molecule has 0 spiro atoms. The fourth-order valence-corrected chi connectivity index (χ4v) is 2.75. The molecule has 1 saturated heterocycles. The molecule has 0 bridgehead atoms. The highest BCUT2D eigenvalue weighted by atomic mass is 15.1. The van der Waals surface area contributed by atoms with Gasteiger partial charge in [0.2, 0.25) is 0 Å². The number of likely N-dealkylation sites (tertiary alicyclic amines) is 1. The molecule has 1 atom stereocenters. The van der Waals surface area contributed by atoms with E-state index < -0.39 is 0 Å². The Labute approximate surface area is 94.4 Å². The van der Waals surface area contributed by atoms with Gasteiger partial charge in [-0.3, -0.25) is 0 Å². The summed E-state index contributed by atoms with van der Waals surface area (Å²) in [6, 6.07) is 0.768. The zero-order valence-corrected chi connectivity index (χ0v) is 10.2. The summed E-state index contributed by atoms with van der Waals surface area (Å²) in [5.41, 5.74) is 0. The highest BCUT2D eigenvalue weighted by Crippen LogP contribution is 2.32. The maximum Gasteiger partial charge on any atom is 0.0220 e. The van der Waals surface area contributed by atoms with Gasteiger partial charge in [0.1, 0.15) is 0 Å². The van der Waals surface area contributed by atoms with E-state index in [-0.39, 0.29) is 0 Å². The van der Waals surface area contributed by atoms with Gasteiger partial charge in [-0.15, -0.1) is 0 Å². The zero-order chi connectivity index (χ0) is 10.5. The van der Waals surface area contributed by atoms with Crippen molar-refractivity contribution in [3.8, 4) is 0 Å². The molecule has 0 amide bonds.